The molecule has 11 heavy (non-hydrogen) atoms. The molecule has 0 radical (unpaired) electrons. The van der Waals surface area contributed by atoms with E-state index in [1.807, 2.05) is 0 Å². The summed E-state index contributed by atoms with van der Waals surface area (Å²) in [6.07, 6.45) is 1.40. The summed E-state index contributed by atoms with van der Waals surface area (Å²) in [7, 11) is -4.36. The highest BCUT2D eigenvalue weighted by Gasteiger charge is 2.11. The fourth-order valence-electron chi connectivity index (χ4n) is 0.341. The smallest absolute Gasteiger partial charge is 0.392 e. The van der Waals surface area contributed by atoms with Gasteiger partial charge in [-0.2, -0.15) is 0 Å². The summed E-state index contributed by atoms with van der Waals surface area (Å²) in [6, 6.07) is 0. The molecule has 0 rings (SSSR count). The van der Waals surface area contributed by atoms with Crippen LogP contribution in [0.2, 0.25) is 0 Å². The highest BCUT2D eigenvalue weighted by Crippen LogP contribution is 2.35. The van der Waals surface area contributed by atoms with Crippen LogP contribution in [-0.2, 0) is 9.09 Å². The molecule has 5 nitrogen and oxygen atoms in total. The standard InChI is InChI=1S/C5H11O5P/c1-5(4-6)2-3-10-11(7,8)9/h2,6H,3-4H2,1H3,(H2,7,8,9)/b5-2-. The molecule has 0 atom stereocenters. The maximum absolute atomic E-state index is 10.1. The molecule has 0 aliphatic rings. The van der Waals surface area contributed by atoms with E-state index in [0.717, 1.165) is 0 Å². The van der Waals surface area contributed by atoms with Crippen LogP contribution in [0.5, 0.6) is 0 Å². The number of aliphatic hydroxyl groups excluding tert-OH is 1. The third kappa shape index (κ3) is 7.71. The second-order valence-electron chi connectivity index (χ2n) is 1.99. The van der Waals surface area contributed by atoms with E-state index in [0.29, 0.717) is 5.57 Å². The Bertz CT molecular complexity index is 181. The van der Waals surface area contributed by atoms with Crippen LogP contribution in [0.3, 0.4) is 0 Å². The Balaban J connectivity index is 3.66. The summed E-state index contributed by atoms with van der Waals surface area (Å²) in [5.41, 5.74) is 0.610. The van der Waals surface area contributed by atoms with Gasteiger partial charge >= 0.3 is 7.82 Å². The number of phosphoric acid groups is 1. The van der Waals surface area contributed by atoms with Crippen LogP contribution in [0.25, 0.3) is 0 Å². The minimum Gasteiger partial charge on any atom is -0.392 e. The number of hydrogen-bond donors (Lipinski definition) is 3. The van der Waals surface area contributed by atoms with Crippen molar-refractivity contribution in [2.24, 2.45) is 0 Å². The van der Waals surface area contributed by atoms with Gasteiger partial charge in [0.15, 0.2) is 0 Å². The fraction of sp³-hybridized carbons (Fsp3) is 0.600. The molecule has 0 amide bonds. The van der Waals surface area contributed by atoms with E-state index in [1.54, 1.807) is 6.92 Å². The normalized spacial score (nSPS) is 13.6. The Hall–Kier alpha value is -0.190. The van der Waals surface area contributed by atoms with Crippen LogP contribution in [0.1, 0.15) is 6.92 Å². The first-order valence-corrected chi connectivity index (χ1v) is 4.45. The molecule has 0 saturated carbocycles. The topological polar surface area (TPSA) is 87.0 Å². The molecule has 0 heterocycles. The predicted octanol–water partition coefficient (Wildman–Crippen LogP) is 0.0343. The van der Waals surface area contributed by atoms with Crippen molar-refractivity contribution in [2.45, 2.75) is 6.92 Å². The molecule has 6 heteroatoms. The van der Waals surface area contributed by atoms with E-state index in [2.05, 4.69) is 4.52 Å². The number of phosphoric ester groups is 1. The van der Waals surface area contributed by atoms with E-state index < -0.39 is 7.82 Å². The van der Waals surface area contributed by atoms with Crippen LogP contribution < -0.4 is 0 Å². The van der Waals surface area contributed by atoms with Crippen molar-refractivity contribution in [1.82, 2.24) is 0 Å². The van der Waals surface area contributed by atoms with Crippen molar-refractivity contribution < 1.29 is 24.0 Å². The highest BCUT2D eigenvalue weighted by atomic mass is 31.2. The summed E-state index contributed by atoms with van der Waals surface area (Å²) in [6.45, 7) is 1.31. The Kier molecular flexibility index (Phi) is 4.56. The predicted molar refractivity (Wildman–Crippen MR) is 38.8 cm³/mol. The number of aliphatic hydroxyl groups is 1. The Morgan fingerprint density at radius 3 is 2.55 bits per heavy atom. The molecule has 0 bridgehead atoms. The van der Waals surface area contributed by atoms with Gasteiger partial charge in [-0.15, -0.1) is 0 Å². The van der Waals surface area contributed by atoms with Crippen LogP contribution in [-0.4, -0.2) is 28.1 Å². The van der Waals surface area contributed by atoms with Gasteiger partial charge in [0.25, 0.3) is 0 Å². The number of hydrogen-bond acceptors (Lipinski definition) is 3. The van der Waals surface area contributed by atoms with Gasteiger partial charge < -0.3 is 14.9 Å². The molecular formula is C5H11O5P. The average Bonchev–Trinajstić information content (AvgIpc) is 1.85. The second-order valence-corrected chi connectivity index (χ2v) is 3.23. The quantitative estimate of drug-likeness (QED) is 0.422. The maximum Gasteiger partial charge on any atom is 0.469 e. The third-order valence-electron chi connectivity index (χ3n) is 0.924. The maximum atomic E-state index is 10.1. The number of rotatable bonds is 4. The molecule has 0 aromatic heterocycles. The van der Waals surface area contributed by atoms with Gasteiger partial charge in [-0.1, -0.05) is 6.08 Å². The van der Waals surface area contributed by atoms with Crippen LogP contribution in [0.15, 0.2) is 11.6 Å². The third-order valence-corrected chi connectivity index (χ3v) is 1.41. The van der Waals surface area contributed by atoms with E-state index in [1.165, 1.54) is 6.08 Å². The largest absolute Gasteiger partial charge is 0.469 e. The monoisotopic (exact) mass is 182 g/mol. The zero-order chi connectivity index (χ0) is 8.91. The Morgan fingerprint density at radius 2 is 2.18 bits per heavy atom. The van der Waals surface area contributed by atoms with Crippen molar-refractivity contribution in [2.75, 3.05) is 13.2 Å². The summed E-state index contributed by atoms with van der Waals surface area (Å²) >= 11 is 0. The van der Waals surface area contributed by atoms with Crippen molar-refractivity contribution in [3.8, 4) is 0 Å². The van der Waals surface area contributed by atoms with E-state index in [4.69, 9.17) is 14.9 Å². The molecule has 0 aliphatic heterocycles. The van der Waals surface area contributed by atoms with Crippen molar-refractivity contribution in [3.05, 3.63) is 11.6 Å². The van der Waals surface area contributed by atoms with E-state index >= 15 is 0 Å². The van der Waals surface area contributed by atoms with Gasteiger partial charge in [0, 0.05) is 0 Å². The van der Waals surface area contributed by atoms with Gasteiger partial charge in [0.1, 0.15) is 0 Å². The summed E-state index contributed by atoms with van der Waals surface area (Å²) in [4.78, 5) is 16.4. The first kappa shape index (κ1) is 10.8. The SMILES string of the molecule is C/C(=C/COP(=O)(O)O)CO. The van der Waals surface area contributed by atoms with Crippen LogP contribution in [0.4, 0.5) is 0 Å². The summed E-state index contributed by atoms with van der Waals surface area (Å²) in [5, 5.41) is 8.45. The molecule has 0 saturated heterocycles. The molecular weight excluding hydrogens is 171 g/mol. The summed E-state index contributed by atoms with van der Waals surface area (Å²) in [5.74, 6) is 0. The molecule has 0 aromatic carbocycles. The molecule has 0 unspecified atom stereocenters. The molecule has 66 valence electrons. The highest BCUT2D eigenvalue weighted by molar-refractivity contribution is 7.46. The minimum absolute atomic E-state index is 0.134. The van der Waals surface area contributed by atoms with Crippen molar-refractivity contribution in [3.63, 3.8) is 0 Å². The lowest BCUT2D eigenvalue weighted by molar-refractivity contribution is 0.214. The molecule has 3 N–H and O–H groups in total. The van der Waals surface area contributed by atoms with Gasteiger partial charge in [-0.05, 0) is 12.5 Å². The average molecular weight is 182 g/mol. The molecule has 0 spiro atoms. The van der Waals surface area contributed by atoms with E-state index in [9.17, 15) is 4.57 Å². The van der Waals surface area contributed by atoms with Gasteiger partial charge in [-0.3, -0.25) is 4.52 Å². The van der Waals surface area contributed by atoms with Crippen LogP contribution in [0, 0.1) is 0 Å². The molecule has 0 aromatic rings. The zero-order valence-corrected chi connectivity index (χ0v) is 6.99. The lowest BCUT2D eigenvalue weighted by atomic mass is 10.3. The lowest BCUT2D eigenvalue weighted by Crippen LogP contribution is -1.91. The second kappa shape index (κ2) is 4.64. The van der Waals surface area contributed by atoms with Crippen molar-refractivity contribution >= 4 is 7.82 Å². The molecule has 0 aliphatic carbocycles. The summed E-state index contributed by atoms with van der Waals surface area (Å²) < 4.78 is 14.2. The first-order valence-electron chi connectivity index (χ1n) is 2.92. The van der Waals surface area contributed by atoms with Gasteiger partial charge in [0.05, 0.1) is 13.2 Å². The fourth-order valence-corrected chi connectivity index (χ4v) is 0.610. The minimum atomic E-state index is -4.36. The Labute approximate surface area is 64.6 Å². The van der Waals surface area contributed by atoms with Crippen molar-refractivity contribution in [1.29, 1.82) is 0 Å². The van der Waals surface area contributed by atoms with E-state index in [-0.39, 0.29) is 13.2 Å². The molecule has 0 fully saturated rings. The van der Waals surface area contributed by atoms with Gasteiger partial charge in [0.2, 0.25) is 0 Å². The first-order chi connectivity index (χ1) is 4.95. The lowest BCUT2D eigenvalue weighted by Gasteiger charge is -2.01. The van der Waals surface area contributed by atoms with Crippen LogP contribution >= 0.6 is 7.82 Å². The Morgan fingerprint density at radius 1 is 1.64 bits per heavy atom. The van der Waals surface area contributed by atoms with Gasteiger partial charge in [-0.25, -0.2) is 4.57 Å². The zero-order valence-electron chi connectivity index (χ0n) is 6.10.